The number of anilines is 3. The lowest BCUT2D eigenvalue weighted by Crippen LogP contribution is -2.36. The first-order chi connectivity index (χ1) is 22.6. The molecule has 0 heterocycles. The van der Waals surface area contributed by atoms with Gasteiger partial charge in [-0.15, -0.1) is 0 Å². The maximum atomic E-state index is 14.2. The minimum absolute atomic E-state index is 0.111. The van der Waals surface area contributed by atoms with Crippen LogP contribution in [0.3, 0.4) is 0 Å². The number of carbonyl (C=O) groups excluding carboxylic acids is 1. The summed E-state index contributed by atoms with van der Waals surface area (Å²) < 4.78 is 5.19. The van der Waals surface area contributed by atoms with Crippen molar-refractivity contribution >= 4 is 34.7 Å². The van der Waals surface area contributed by atoms with Crippen molar-refractivity contribution < 1.29 is 9.08 Å². The number of hydrogen-bond donors (Lipinski definition) is 0. The van der Waals surface area contributed by atoms with E-state index in [1.165, 1.54) is 27.8 Å². The fourth-order valence-electron chi connectivity index (χ4n) is 7.78. The Hall–Kier alpha value is -4.34. The molecule has 0 atom stereocenters. The highest BCUT2D eigenvalue weighted by molar-refractivity contribution is 6.14. The molecular formula is C42H40ClNO2. The van der Waals surface area contributed by atoms with Gasteiger partial charge in [-0.1, -0.05) is 88.1 Å². The van der Waals surface area contributed by atoms with E-state index in [0.29, 0.717) is 5.75 Å². The minimum atomic E-state index is -0.259. The number of unbranched alkanes of at least 4 members (excludes halogenated alkanes) is 2. The number of rotatable bonds is 10. The van der Waals surface area contributed by atoms with Crippen LogP contribution in [0.2, 0.25) is 0 Å². The summed E-state index contributed by atoms with van der Waals surface area (Å²) in [4.78, 5) is 16.5. The number of hydrogen-bond acceptors (Lipinski definition) is 3. The van der Waals surface area contributed by atoms with Crippen LogP contribution in [-0.4, -0.2) is 5.78 Å². The fourth-order valence-corrected chi connectivity index (χ4v) is 7.87. The predicted octanol–water partition coefficient (Wildman–Crippen LogP) is 11.4. The number of para-hydroxylation sites is 2. The molecule has 7 rings (SSSR count). The molecule has 2 aliphatic carbocycles. The van der Waals surface area contributed by atoms with Gasteiger partial charge in [0.1, 0.15) is 17.6 Å². The standard InChI is InChI=1S/C42H40ClNO2/c1-3-5-21-42(22-6-4-2)39-27-32-24-30-25-35(44(33-13-9-7-10-14-33)34-15-11-8-12-16-34)18-17-29(30)23-31(32)26-38(39)41(45)37-20-19-36(46-43)28-40(37)42/h7-20,25-28H,3-6,21-24H2,1-2H3. The summed E-state index contributed by atoms with van der Waals surface area (Å²) in [7, 11) is 0. The molecule has 0 spiro atoms. The van der Waals surface area contributed by atoms with E-state index in [-0.39, 0.29) is 11.2 Å². The Kier molecular flexibility index (Phi) is 8.44. The molecule has 3 nitrogen and oxygen atoms in total. The topological polar surface area (TPSA) is 29.5 Å². The number of carbonyl (C=O) groups is 1. The number of benzene rings is 5. The van der Waals surface area contributed by atoms with Crippen molar-refractivity contribution in [3.8, 4) is 5.75 Å². The van der Waals surface area contributed by atoms with Gasteiger partial charge in [0.2, 0.25) is 0 Å². The molecule has 0 saturated carbocycles. The Bertz CT molecular complexity index is 1830. The highest BCUT2D eigenvalue weighted by Crippen LogP contribution is 2.51. The molecule has 0 radical (unpaired) electrons. The maximum Gasteiger partial charge on any atom is 0.193 e. The van der Waals surface area contributed by atoms with E-state index in [1.54, 1.807) is 0 Å². The van der Waals surface area contributed by atoms with E-state index >= 15 is 0 Å². The third-order valence-electron chi connectivity index (χ3n) is 10.1. The molecule has 0 unspecified atom stereocenters. The molecule has 5 aromatic rings. The zero-order chi connectivity index (χ0) is 31.7. The largest absolute Gasteiger partial charge is 0.386 e. The van der Waals surface area contributed by atoms with Crippen LogP contribution in [0, 0.1) is 0 Å². The first kappa shape index (κ1) is 30.3. The second-order valence-corrected chi connectivity index (χ2v) is 13.0. The monoisotopic (exact) mass is 625 g/mol. The lowest BCUT2D eigenvalue weighted by atomic mass is 9.60. The third kappa shape index (κ3) is 5.31. The highest BCUT2D eigenvalue weighted by atomic mass is 35.5. The number of ketones is 1. The highest BCUT2D eigenvalue weighted by Gasteiger charge is 2.43. The van der Waals surface area contributed by atoms with Crippen LogP contribution in [0.25, 0.3) is 0 Å². The van der Waals surface area contributed by atoms with E-state index in [2.05, 4.69) is 110 Å². The molecule has 46 heavy (non-hydrogen) atoms. The van der Waals surface area contributed by atoms with E-state index in [0.717, 1.165) is 85.1 Å². The predicted molar refractivity (Wildman–Crippen MR) is 189 cm³/mol. The van der Waals surface area contributed by atoms with Crippen molar-refractivity contribution in [2.24, 2.45) is 0 Å². The Morgan fingerprint density at radius 2 is 1.22 bits per heavy atom. The Morgan fingerprint density at radius 1 is 0.630 bits per heavy atom. The summed E-state index contributed by atoms with van der Waals surface area (Å²) in [5.74, 6) is 0.704. The molecule has 0 aliphatic heterocycles. The van der Waals surface area contributed by atoms with Crippen molar-refractivity contribution in [2.75, 3.05) is 4.90 Å². The van der Waals surface area contributed by atoms with Gasteiger partial charge < -0.3 is 9.19 Å². The molecule has 5 aromatic carbocycles. The average Bonchev–Trinajstić information content (AvgIpc) is 3.10. The second-order valence-electron chi connectivity index (χ2n) is 12.9. The molecule has 0 N–H and O–H groups in total. The Morgan fingerprint density at radius 3 is 1.85 bits per heavy atom. The SMILES string of the molecule is CCCCC1(CCCC)c2cc(OCl)ccc2C(=O)c2cc3c(cc21)Cc1cc(N(c2ccccc2)c2ccccc2)ccc1C3. The number of nitrogens with zero attached hydrogens (tertiary/aromatic N) is 1. The summed E-state index contributed by atoms with van der Waals surface area (Å²) in [6.45, 7) is 4.49. The summed E-state index contributed by atoms with van der Waals surface area (Å²) in [6.07, 6.45) is 8.01. The van der Waals surface area contributed by atoms with Gasteiger partial charge >= 0.3 is 0 Å². The average molecular weight is 626 g/mol. The van der Waals surface area contributed by atoms with Gasteiger partial charge in [-0.05, 0) is 120 Å². The molecule has 0 amide bonds. The van der Waals surface area contributed by atoms with Crippen LogP contribution >= 0.6 is 11.9 Å². The molecule has 0 aromatic heterocycles. The summed E-state index contributed by atoms with van der Waals surface area (Å²) in [5, 5.41) is 0. The van der Waals surface area contributed by atoms with Crippen molar-refractivity contribution in [1.29, 1.82) is 0 Å². The molecule has 2 aliphatic rings. The van der Waals surface area contributed by atoms with E-state index in [9.17, 15) is 4.79 Å². The van der Waals surface area contributed by atoms with Crippen molar-refractivity contribution in [2.45, 2.75) is 70.6 Å². The van der Waals surface area contributed by atoms with Crippen molar-refractivity contribution in [3.63, 3.8) is 0 Å². The van der Waals surface area contributed by atoms with Crippen LogP contribution < -0.4 is 9.19 Å². The van der Waals surface area contributed by atoms with Crippen molar-refractivity contribution in [3.05, 3.63) is 154 Å². The normalized spacial score (nSPS) is 14.1. The number of halogens is 1. The van der Waals surface area contributed by atoms with Gasteiger partial charge in [0.25, 0.3) is 0 Å². The molecule has 0 bridgehead atoms. The summed E-state index contributed by atoms with van der Waals surface area (Å²) in [5.41, 5.74) is 12.3. The van der Waals surface area contributed by atoms with Gasteiger partial charge in [0.15, 0.2) is 5.78 Å². The smallest absolute Gasteiger partial charge is 0.193 e. The van der Waals surface area contributed by atoms with Gasteiger partial charge in [0.05, 0.1) is 0 Å². The Balaban J connectivity index is 1.34. The zero-order valence-corrected chi connectivity index (χ0v) is 27.4. The lowest BCUT2D eigenvalue weighted by molar-refractivity contribution is 0.102. The van der Waals surface area contributed by atoms with Crippen LogP contribution in [0.1, 0.15) is 102 Å². The van der Waals surface area contributed by atoms with Crippen LogP contribution in [0.15, 0.2) is 109 Å². The van der Waals surface area contributed by atoms with Gasteiger partial charge in [0, 0.05) is 33.6 Å². The van der Waals surface area contributed by atoms with Gasteiger partial charge in [-0.25, -0.2) is 0 Å². The van der Waals surface area contributed by atoms with Crippen LogP contribution in [-0.2, 0) is 18.3 Å². The van der Waals surface area contributed by atoms with Crippen LogP contribution in [0.4, 0.5) is 17.1 Å². The van der Waals surface area contributed by atoms with E-state index in [1.807, 2.05) is 18.2 Å². The summed E-state index contributed by atoms with van der Waals surface area (Å²) in [6, 6.07) is 38.4. The molecule has 4 heteroatoms. The third-order valence-corrected chi connectivity index (χ3v) is 10.3. The molecular weight excluding hydrogens is 586 g/mol. The van der Waals surface area contributed by atoms with Gasteiger partial charge in [-0.3, -0.25) is 4.79 Å². The minimum Gasteiger partial charge on any atom is -0.386 e. The molecule has 232 valence electrons. The van der Waals surface area contributed by atoms with E-state index in [4.69, 9.17) is 16.2 Å². The Labute approximate surface area is 278 Å². The van der Waals surface area contributed by atoms with Crippen LogP contribution in [0.5, 0.6) is 5.75 Å². The first-order valence-corrected chi connectivity index (χ1v) is 17.0. The fraction of sp³-hybridized carbons (Fsp3) is 0.262. The lowest BCUT2D eigenvalue weighted by Gasteiger charge is -2.42. The van der Waals surface area contributed by atoms with E-state index < -0.39 is 0 Å². The zero-order valence-electron chi connectivity index (χ0n) is 26.7. The van der Waals surface area contributed by atoms with Crippen molar-refractivity contribution in [1.82, 2.24) is 0 Å². The van der Waals surface area contributed by atoms with Gasteiger partial charge in [-0.2, -0.15) is 0 Å². The molecule has 0 saturated heterocycles. The number of fused-ring (bicyclic) bond motifs is 4. The second kappa shape index (κ2) is 12.8. The molecule has 0 fully saturated rings. The summed E-state index contributed by atoms with van der Waals surface area (Å²) >= 11 is 5.88. The maximum absolute atomic E-state index is 14.2. The first-order valence-electron chi connectivity index (χ1n) is 16.7. The quantitative estimate of drug-likeness (QED) is 0.152.